The maximum Gasteiger partial charge on any atom is 0.254 e. The second-order valence-corrected chi connectivity index (χ2v) is 7.30. The second kappa shape index (κ2) is 8.25. The van der Waals surface area contributed by atoms with Crippen molar-refractivity contribution in [2.24, 2.45) is 5.92 Å². The molecule has 2 aromatic carbocycles. The highest BCUT2D eigenvalue weighted by molar-refractivity contribution is 6.00. The molecule has 6 heteroatoms. The summed E-state index contributed by atoms with van der Waals surface area (Å²) in [4.78, 5) is 38.0. The lowest BCUT2D eigenvalue weighted by Gasteiger charge is -2.18. The minimum Gasteiger partial charge on any atom is -0.332 e. The Morgan fingerprint density at radius 3 is 2.32 bits per heavy atom. The van der Waals surface area contributed by atoms with Crippen LogP contribution < -0.4 is 10.6 Å². The van der Waals surface area contributed by atoms with Gasteiger partial charge in [0.2, 0.25) is 11.8 Å². The molecule has 0 bridgehead atoms. The first-order valence-corrected chi connectivity index (χ1v) is 9.37. The van der Waals surface area contributed by atoms with E-state index in [9.17, 15) is 14.4 Å². The standard InChI is InChI=1S/C22H25N3O3/c1-14-5-4-6-19(15(14)2)24-20(26)13-25(3)22(28)17-9-11-18(12-10-17)23-21(27)16-7-8-16/h4-6,9-12,16H,7-8,13H2,1-3H3,(H,23,27)(H,24,26). The molecule has 1 aliphatic carbocycles. The van der Waals surface area contributed by atoms with E-state index in [0.717, 1.165) is 29.7 Å². The monoisotopic (exact) mass is 379 g/mol. The molecule has 3 rings (SSSR count). The first-order valence-electron chi connectivity index (χ1n) is 9.37. The van der Waals surface area contributed by atoms with Crippen molar-refractivity contribution in [2.75, 3.05) is 24.2 Å². The summed E-state index contributed by atoms with van der Waals surface area (Å²) < 4.78 is 0. The molecule has 0 spiro atoms. The number of amides is 3. The lowest BCUT2D eigenvalue weighted by Crippen LogP contribution is -2.35. The van der Waals surface area contributed by atoms with Crippen molar-refractivity contribution in [3.05, 3.63) is 59.2 Å². The van der Waals surface area contributed by atoms with E-state index in [1.807, 2.05) is 32.0 Å². The molecule has 2 N–H and O–H groups in total. The maximum atomic E-state index is 12.6. The average Bonchev–Trinajstić information content (AvgIpc) is 3.51. The molecular weight excluding hydrogens is 354 g/mol. The van der Waals surface area contributed by atoms with E-state index < -0.39 is 0 Å². The van der Waals surface area contributed by atoms with E-state index in [4.69, 9.17) is 0 Å². The fraction of sp³-hybridized carbons (Fsp3) is 0.318. The summed E-state index contributed by atoms with van der Waals surface area (Å²) >= 11 is 0. The fourth-order valence-electron chi connectivity index (χ4n) is 2.87. The Kier molecular flexibility index (Phi) is 5.78. The van der Waals surface area contributed by atoms with Crippen LogP contribution in [-0.2, 0) is 9.59 Å². The van der Waals surface area contributed by atoms with E-state index in [-0.39, 0.29) is 30.2 Å². The zero-order chi connectivity index (χ0) is 20.3. The highest BCUT2D eigenvalue weighted by atomic mass is 16.2. The lowest BCUT2D eigenvalue weighted by atomic mass is 10.1. The molecule has 146 valence electrons. The molecule has 1 saturated carbocycles. The Bertz CT molecular complexity index is 902. The molecule has 0 unspecified atom stereocenters. The number of anilines is 2. The van der Waals surface area contributed by atoms with Crippen LogP contribution in [0, 0.1) is 19.8 Å². The van der Waals surface area contributed by atoms with Crippen LogP contribution in [0.15, 0.2) is 42.5 Å². The number of carbonyl (C=O) groups is 3. The SMILES string of the molecule is Cc1cccc(NC(=O)CN(C)C(=O)c2ccc(NC(=O)C3CC3)cc2)c1C. The Morgan fingerprint density at radius 1 is 1.00 bits per heavy atom. The smallest absolute Gasteiger partial charge is 0.254 e. The van der Waals surface area contributed by atoms with Gasteiger partial charge in [0.25, 0.3) is 5.91 Å². The predicted molar refractivity (Wildman–Crippen MR) is 109 cm³/mol. The van der Waals surface area contributed by atoms with Crippen LogP contribution in [0.4, 0.5) is 11.4 Å². The van der Waals surface area contributed by atoms with Gasteiger partial charge in [0.05, 0.1) is 6.54 Å². The van der Waals surface area contributed by atoms with Gasteiger partial charge in [-0.05, 0) is 68.1 Å². The zero-order valence-corrected chi connectivity index (χ0v) is 16.4. The number of hydrogen-bond acceptors (Lipinski definition) is 3. The van der Waals surface area contributed by atoms with Gasteiger partial charge < -0.3 is 15.5 Å². The molecule has 2 aromatic rings. The van der Waals surface area contributed by atoms with Crippen LogP contribution in [0.3, 0.4) is 0 Å². The van der Waals surface area contributed by atoms with Crippen LogP contribution in [0.5, 0.6) is 0 Å². The molecule has 0 aromatic heterocycles. The molecular formula is C22H25N3O3. The molecule has 0 saturated heterocycles. The number of carbonyl (C=O) groups excluding carboxylic acids is 3. The normalized spacial score (nSPS) is 13.0. The van der Waals surface area contributed by atoms with Gasteiger partial charge in [-0.1, -0.05) is 12.1 Å². The van der Waals surface area contributed by atoms with Gasteiger partial charge >= 0.3 is 0 Å². The first kappa shape index (κ1) is 19.6. The van der Waals surface area contributed by atoms with Crippen molar-refractivity contribution in [2.45, 2.75) is 26.7 Å². The highest BCUT2D eigenvalue weighted by Crippen LogP contribution is 2.30. The van der Waals surface area contributed by atoms with Crippen molar-refractivity contribution in [1.82, 2.24) is 4.90 Å². The minimum absolute atomic E-state index is 0.0271. The summed E-state index contributed by atoms with van der Waals surface area (Å²) in [5.41, 5.74) is 3.99. The van der Waals surface area contributed by atoms with Crippen molar-refractivity contribution in [1.29, 1.82) is 0 Å². The van der Waals surface area contributed by atoms with Crippen LogP contribution in [0.25, 0.3) is 0 Å². The van der Waals surface area contributed by atoms with E-state index in [1.54, 1.807) is 31.3 Å². The van der Waals surface area contributed by atoms with Crippen LogP contribution in [0.1, 0.15) is 34.3 Å². The van der Waals surface area contributed by atoms with Crippen molar-refractivity contribution in [3.8, 4) is 0 Å². The third-order valence-corrected chi connectivity index (χ3v) is 4.95. The van der Waals surface area contributed by atoms with Crippen molar-refractivity contribution >= 4 is 29.1 Å². The van der Waals surface area contributed by atoms with Gasteiger partial charge in [-0.3, -0.25) is 14.4 Å². The molecule has 0 aliphatic heterocycles. The minimum atomic E-state index is -0.254. The number of hydrogen-bond donors (Lipinski definition) is 2. The number of benzene rings is 2. The summed E-state index contributed by atoms with van der Waals surface area (Å²) in [7, 11) is 1.59. The van der Waals surface area contributed by atoms with Crippen LogP contribution in [-0.4, -0.2) is 36.2 Å². The van der Waals surface area contributed by atoms with Gasteiger partial charge in [-0.25, -0.2) is 0 Å². The predicted octanol–water partition coefficient (Wildman–Crippen LogP) is 3.36. The quantitative estimate of drug-likeness (QED) is 0.808. The molecule has 28 heavy (non-hydrogen) atoms. The van der Waals surface area contributed by atoms with E-state index in [2.05, 4.69) is 10.6 Å². The second-order valence-electron chi connectivity index (χ2n) is 7.30. The highest BCUT2D eigenvalue weighted by Gasteiger charge is 2.29. The number of aryl methyl sites for hydroxylation is 1. The third kappa shape index (κ3) is 4.76. The first-order chi connectivity index (χ1) is 13.3. The zero-order valence-electron chi connectivity index (χ0n) is 16.4. The Morgan fingerprint density at radius 2 is 1.68 bits per heavy atom. The van der Waals surface area contributed by atoms with E-state index in [1.165, 1.54) is 4.90 Å². The van der Waals surface area contributed by atoms with Gasteiger partial charge in [0.1, 0.15) is 0 Å². The van der Waals surface area contributed by atoms with Crippen LogP contribution >= 0.6 is 0 Å². The van der Waals surface area contributed by atoms with E-state index >= 15 is 0 Å². The van der Waals surface area contributed by atoms with Crippen molar-refractivity contribution < 1.29 is 14.4 Å². The molecule has 0 atom stereocenters. The van der Waals surface area contributed by atoms with E-state index in [0.29, 0.717) is 11.3 Å². The average molecular weight is 379 g/mol. The summed E-state index contributed by atoms with van der Waals surface area (Å²) in [6.45, 7) is 3.88. The summed E-state index contributed by atoms with van der Waals surface area (Å²) in [6, 6.07) is 12.4. The third-order valence-electron chi connectivity index (χ3n) is 4.95. The van der Waals surface area contributed by atoms with Gasteiger partial charge in [-0.15, -0.1) is 0 Å². The molecule has 3 amide bonds. The van der Waals surface area contributed by atoms with Gasteiger partial charge in [0.15, 0.2) is 0 Å². The number of nitrogens with zero attached hydrogens (tertiary/aromatic N) is 1. The maximum absolute atomic E-state index is 12.6. The summed E-state index contributed by atoms with van der Waals surface area (Å²) in [5, 5.41) is 5.70. The summed E-state index contributed by atoms with van der Waals surface area (Å²) in [6.07, 6.45) is 1.88. The topological polar surface area (TPSA) is 78.5 Å². The largest absolute Gasteiger partial charge is 0.332 e. The molecule has 0 heterocycles. The van der Waals surface area contributed by atoms with Gasteiger partial charge in [-0.2, -0.15) is 0 Å². The fourth-order valence-corrected chi connectivity index (χ4v) is 2.87. The number of nitrogens with one attached hydrogen (secondary N) is 2. The molecule has 6 nitrogen and oxygen atoms in total. The molecule has 0 radical (unpaired) electrons. The van der Waals surface area contributed by atoms with Gasteiger partial charge in [0, 0.05) is 29.9 Å². The molecule has 1 fully saturated rings. The molecule has 1 aliphatic rings. The Hall–Kier alpha value is -3.15. The lowest BCUT2D eigenvalue weighted by molar-refractivity contribution is -0.117. The Balaban J connectivity index is 1.56. The summed E-state index contributed by atoms with van der Waals surface area (Å²) in [5.74, 6) is -0.351. The number of rotatable bonds is 6. The number of likely N-dealkylation sites (N-methyl/N-ethyl adjacent to an activating group) is 1. The van der Waals surface area contributed by atoms with Crippen molar-refractivity contribution in [3.63, 3.8) is 0 Å². The Labute approximate surface area is 164 Å². The van der Waals surface area contributed by atoms with Crippen LogP contribution in [0.2, 0.25) is 0 Å².